The third-order valence-electron chi connectivity index (χ3n) is 5.46. The zero-order chi connectivity index (χ0) is 20.8. The van der Waals surface area contributed by atoms with Crippen molar-refractivity contribution in [3.05, 3.63) is 58.1 Å². The van der Waals surface area contributed by atoms with E-state index < -0.39 is 9.05 Å². The third kappa shape index (κ3) is 4.15. The van der Waals surface area contributed by atoms with Crippen LogP contribution >= 0.6 is 22.3 Å². The highest BCUT2D eigenvalue weighted by molar-refractivity contribution is 8.13. The van der Waals surface area contributed by atoms with Crippen LogP contribution in [0.1, 0.15) is 23.6 Å². The maximum atomic E-state index is 12.5. The molecule has 9 heteroatoms. The topological polar surface area (TPSA) is 75.7 Å². The third-order valence-corrected chi connectivity index (χ3v) is 7.21. The molecule has 1 saturated heterocycles. The molecule has 0 unspecified atom stereocenters. The Balaban J connectivity index is 1.60. The van der Waals surface area contributed by atoms with Crippen molar-refractivity contribution in [2.45, 2.75) is 36.9 Å². The number of hydrogen-bond donors (Lipinski definition) is 1. The van der Waals surface area contributed by atoms with Crippen LogP contribution in [0.3, 0.4) is 0 Å². The number of fused-ring (bicyclic) bond motifs is 1. The first-order chi connectivity index (χ1) is 13.7. The highest BCUT2D eigenvalue weighted by atomic mass is 35.7. The molecule has 0 radical (unpaired) electrons. The van der Waals surface area contributed by atoms with Gasteiger partial charge in [0.25, 0.3) is 9.05 Å². The molecule has 154 valence electrons. The summed E-state index contributed by atoms with van der Waals surface area (Å²) in [4.78, 5) is 14.7. The van der Waals surface area contributed by atoms with Crippen LogP contribution in [0.25, 0.3) is 0 Å². The number of halogens is 2. The van der Waals surface area contributed by atoms with E-state index in [1.165, 1.54) is 6.07 Å². The van der Waals surface area contributed by atoms with Crippen LogP contribution in [0, 0.1) is 0 Å². The number of ether oxygens (including phenoxy) is 1. The van der Waals surface area contributed by atoms with Gasteiger partial charge in [-0.15, -0.1) is 0 Å². The quantitative estimate of drug-likeness (QED) is 0.698. The SMILES string of the molecule is CC1(N2Cc3cc(NC(=O)Cc4ccccc4Cl)cc(S(=O)(=O)Cl)c3C2)COC1. The Kier molecular flexibility index (Phi) is 5.38. The summed E-state index contributed by atoms with van der Waals surface area (Å²) in [5.74, 6) is -0.287. The fourth-order valence-electron chi connectivity index (χ4n) is 3.75. The monoisotopic (exact) mass is 454 g/mol. The van der Waals surface area contributed by atoms with Crippen LogP contribution in [0.4, 0.5) is 5.69 Å². The summed E-state index contributed by atoms with van der Waals surface area (Å²) in [6.07, 6.45) is 0.0846. The molecule has 0 atom stereocenters. The van der Waals surface area contributed by atoms with Crippen molar-refractivity contribution in [2.24, 2.45) is 0 Å². The molecule has 0 bridgehead atoms. The van der Waals surface area contributed by atoms with Crippen molar-refractivity contribution < 1.29 is 17.9 Å². The number of amides is 1. The summed E-state index contributed by atoms with van der Waals surface area (Å²) in [5, 5.41) is 3.28. The average Bonchev–Trinajstić information content (AvgIpc) is 3.04. The van der Waals surface area contributed by atoms with Gasteiger partial charge >= 0.3 is 0 Å². The highest BCUT2D eigenvalue weighted by Crippen LogP contribution is 2.39. The zero-order valence-electron chi connectivity index (χ0n) is 15.7. The summed E-state index contributed by atoms with van der Waals surface area (Å²) in [6.45, 7) is 4.34. The molecule has 6 nitrogen and oxygen atoms in total. The van der Waals surface area contributed by atoms with E-state index in [0.29, 0.717) is 48.1 Å². The second-order valence-corrected chi connectivity index (χ2v) is 10.7. The summed E-state index contributed by atoms with van der Waals surface area (Å²) in [6, 6.07) is 10.3. The Morgan fingerprint density at radius 2 is 1.97 bits per heavy atom. The van der Waals surface area contributed by atoms with Crippen molar-refractivity contribution in [1.82, 2.24) is 4.90 Å². The van der Waals surface area contributed by atoms with E-state index in [1.54, 1.807) is 24.3 Å². The van der Waals surface area contributed by atoms with E-state index in [4.69, 9.17) is 27.0 Å². The Bertz CT molecular complexity index is 1080. The normalized spacial score (nSPS) is 18.2. The lowest BCUT2D eigenvalue weighted by molar-refractivity contribution is -0.133. The number of nitrogens with zero attached hydrogens (tertiary/aromatic N) is 1. The fraction of sp³-hybridized carbons (Fsp3) is 0.350. The molecule has 1 fully saturated rings. The lowest BCUT2D eigenvalue weighted by Crippen LogP contribution is -2.58. The van der Waals surface area contributed by atoms with Gasteiger partial charge in [0.1, 0.15) is 0 Å². The standard InChI is InChI=1S/C20H20Cl2N2O4S/c1-20(11-28-12-20)24-9-14-6-15(8-18(16(14)10-24)29(22,26)27)23-19(25)7-13-4-2-3-5-17(13)21/h2-6,8H,7,9-12H2,1H3,(H,23,25). The smallest absolute Gasteiger partial charge is 0.261 e. The van der Waals surface area contributed by atoms with Gasteiger partial charge in [-0.2, -0.15) is 0 Å². The molecule has 2 aliphatic rings. The van der Waals surface area contributed by atoms with Crippen molar-refractivity contribution in [2.75, 3.05) is 18.5 Å². The molecular weight excluding hydrogens is 435 g/mol. The molecule has 0 aromatic heterocycles. The van der Waals surface area contributed by atoms with Gasteiger partial charge in [-0.3, -0.25) is 9.69 Å². The van der Waals surface area contributed by atoms with Crippen LogP contribution in [0.5, 0.6) is 0 Å². The minimum atomic E-state index is -3.97. The Hall–Kier alpha value is -1.64. The van der Waals surface area contributed by atoms with E-state index in [1.807, 2.05) is 6.07 Å². The first kappa shape index (κ1) is 20.6. The summed E-state index contributed by atoms with van der Waals surface area (Å²) < 4.78 is 29.7. The molecule has 0 spiro atoms. The van der Waals surface area contributed by atoms with E-state index in [9.17, 15) is 13.2 Å². The van der Waals surface area contributed by atoms with Crippen LogP contribution < -0.4 is 5.32 Å². The van der Waals surface area contributed by atoms with E-state index in [2.05, 4.69) is 17.1 Å². The zero-order valence-corrected chi connectivity index (χ0v) is 18.1. The van der Waals surface area contributed by atoms with Gasteiger partial charge in [-0.1, -0.05) is 29.8 Å². The van der Waals surface area contributed by atoms with E-state index >= 15 is 0 Å². The molecule has 1 N–H and O–H groups in total. The Morgan fingerprint density at radius 3 is 2.59 bits per heavy atom. The highest BCUT2D eigenvalue weighted by Gasteiger charge is 2.43. The van der Waals surface area contributed by atoms with E-state index in [-0.39, 0.29) is 22.8 Å². The first-order valence-corrected chi connectivity index (χ1v) is 11.8. The maximum absolute atomic E-state index is 12.5. The number of carbonyl (C=O) groups is 1. The second-order valence-electron chi connectivity index (χ2n) is 7.71. The van der Waals surface area contributed by atoms with Gasteiger partial charge < -0.3 is 10.1 Å². The van der Waals surface area contributed by atoms with E-state index in [0.717, 1.165) is 5.56 Å². The molecule has 2 aliphatic heterocycles. The number of carbonyl (C=O) groups excluding carboxylic acids is 1. The van der Waals surface area contributed by atoms with Gasteiger partial charge in [0.2, 0.25) is 5.91 Å². The van der Waals surface area contributed by atoms with Gasteiger partial charge in [-0.05, 0) is 41.8 Å². The number of anilines is 1. The molecule has 0 aliphatic carbocycles. The van der Waals surface area contributed by atoms with Gasteiger partial charge in [0.15, 0.2) is 0 Å². The average molecular weight is 455 g/mol. The Labute approximate surface area is 179 Å². The summed E-state index contributed by atoms with van der Waals surface area (Å²) >= 11 is 6.12. The van der Waals surface area contributed by atoms with Gasteiger partial charge in [0.05, 0.1) is 30.1 Å². The van der Waals surface area contributed by atoms with Gasteiger partial charge in [0, 0.05) is 34.5 Å². The number of nitrogens with one attached hydrogen (secondary N) is 1. The Morgan fingerprint density at radius 1 is 1.24 bits per heavy atom. The molecule has 4 rings (SSSR count). The minimum Gasteiger partial charge on any atom is -0.377 e. The molecule has 1 amide bonds. The molecule has 2 heterocycles. The summed E-state index contributed by atoms with van der Waals surface area (Å²) in [5.41, 5.74) is 2.49. The molecule has 2 aromatic carbocycles. The lowest BCUT2D eigenvalue weighted by atomic mass is 9.98. The number of benzene rings is 2. The van der Waals surface area contributed by atoms with Crippen LogP contribution in [0.2, 0.25) is 5.02 Å². The van der Waals surface area contributed by atoms with Gasteiger partial charge in [-0.25, -0.2) is 8.42 Å². The number of hydrogen-bond acceptors (Lipinski definition) is 5. The summed E-state index contributed by atoms with van der Waals surface area (Å²) in [7, 11) is 1.74. The van der Waals surface area contributed by atoms with Crippen LogP contribution in [0.15, 0.2) is 41.3 Å². The fourth-order valence-corrected chi connectivity index (χ4v) is 5.12. The first-order valence-electron chi connectivity index (χ1n) is 9.12. The lowest BCUT2D eigenvalue weighted by Gasteiger charge is -2.45. The maximum Gasteiger partial charge on any atom is 0.261 e. The second kappa shape index (κ2) is 7.56. The minimum absolute atomic E-state index is 0.0380. The van der Waals surface area contributed by atoms with Crippen LogP contribution in [-0.4, -0.2) is 38.0 Å². The predicted octanol–water partition coefficient (Wildman–Crippen LogP) is 3.55. The largest absolute Gasteiger partial charge is 0.377 e. The van der Waals surface area contributed by atoms with Crippen molar-refractivity contribution in [1.29, 1.82) is 0 Å². The van der Waals surface area contributed by atoms with Crippen molar-refractivity contribution in [3.63, 3.8) is 0 Å². The molecule has 29 heavy (non-hydrogen) atoms. The van der Waals surface area contributed by atoms with Crippen molar-refractivity contribution in [3.8, 4) is 0 Å². The molecule has 0 saturated carbocycles. The molecule has 2 aromatic rings. The van der Waals surface area contributed by atoms with Crippen LogP contribution in [-0.2, 0) is 38.1 Å². The predicted molar refractivity (Wildman–Crippen MR) is 112 cm³/mol. The number of rotatable bonds is 5. The molecular formula is C20H20Cl2N2O4S. The van der Waals surface area contributed by atoms with Crippen molar-refractivity contribution >= 4 is 42.9 Å².